The number of nitrogens with one attached hydrogen (secondary N) is 2. The minimum Gasteiger partial charge on any atom is -0.376 e. The van der Waals surface area contributed by atoms with Crippen LogP contribution >= 0.6 is 0 Å². The molecule has 1 unspecified atom stereocenters. The van der Waals surface area contributed by atoms with Crippen molar-refractivity contribution in [1.82, 2.24) is 14.9 Å². The summed E-state index contributed by atoms with van der Waals surface area (Å²) in [7, 11) is 0. The van der Waals surface area contributed by atoms with E-state index in [4.69, 9.17) is 4.74 Å². The number of carbonyl (C=O) groups is 1. The Hall–Kier alpha value is -3.19. The van der Waals surface area contributed by atoms with Crippen LogP contribution in [0.25, 0.3) is 16.6 Å². The number of benzene rings is 2. The summed E-state index contributed by atoms with van der Waals surface area (Å²) in [5.74, 6) is -0.263. The summed E-state index contributed by atoms with van der Waals surface area (Å²) in [5.41, 5.74) is 1.29. The fourth-order valence-electron chi connectivity index (χ4n) is 3.40. The normalized spacial score (nSPS) is 16.4. The lowest BCUT2D eigenvalue weighted by atomic mass is 10.1. The third-order valence-electron chi connectivity index (χ3n) is 4.97. The van der Waals surface area contributed by atoms with Crippen LogP contribution in [0.3, 0.4) is 0 Å². The monoisotopic (exact) mass is 379 g/mol. The van der Waals surface area contributed by atoms with Crippen LogP contribution in [0.15, 0.2) is 52.1 Å². The standard InChI is InChI=1S/C21H21N3O4/c1-13-4-7-15(8-5-13)24-20(26)17-9-6-14(11-18(17)23-21(24)27)19(25)22-12-16-3-2-10-28-16/h4-9,11,16H,2-3,10,12H2,1H3,(H,22,25)(H,23,27). The van der Waals surface area contributed by atoms with Crippen molar-refractivity contribution < 1.29 is 9.53 Å². The first kappa shape index (κ1) is 18.2. The summed E-state index contributed by atoms with van der Waals surface area (Å²) in [6.45, 7) is 3.11. The second-order valence-electron chi connectivity index (χ2n) is 7.01. The molecule has 1 fully saturated rings. The Morgan fingerprint density at radius 1 is 1.21 bits per heavy atom. The Labute approximate surface area is 161 Å². The molecule has 1 aliphatic rings. The third kappa shape index (κ3) is 3.48. The van der Waals surface area contributed by atoms with Gasteiger partial charge >= 0.3 is 5.69 Å². The van der Waals surface area contributed by atoms with Crippen LogP contribution in [-0.2, 0) is 4.74 Å². The molecule has 0 aliphatic carbocycles. The van der Waals surface area contributed by atoms with Gasteiger partial charge in [-0.15, -0.1) is 0 Å². The van der Waals surface area contributed by atoms with Gasteiger partial charge in [-0.3, -0.25) is 9.59 Å². The van der Waals surface area contributed by atoms with Crippen molar-refractivity contribution in [1.29, 1.82) is 0 Å². The van der Waals surface area contributed by atoms with E-state index in [-0.39, 0.29) is 12.0 Å². The van der Waals surface area contributed by atoms with Crippen LogP contribution in [0.5, 0.6) is 0 Å². The zero-order chi connectivity index (χ0) is 19.7. The average molecular weight is 379 g/mol. The highest BCUT2D eigenvalue weighted by atomic mass is 16.5. The molecule has 2 heterocycles. The summed E-state index contributed by atoms with van der Waals surface area (Å²) in [5, 5.41) is 3.18. The molecule has 28 heavy (non-hydrogen) atoms. The van der Waals surface area contributed by atoms with Crippen LogP contribution < -0.4 is 16.6 Å². The van der Waals surface area contributed by atoms with Crippen molar-refractivity contribution in [2.24, 2.45) is 0 Å². The summed E-state index contributed by atoms with van der Waals surface area (Å²) in [6.07, 6.45) is 1.99. The van der Waals surface area contributed by atoms with Crippen LogP contribution in [0.4, 0.5) is 0 Å². The molecule has 7 heteroatoms. The number of aromatic nitrogens is 2. The number of nitrogens with zero attached hydrogens (tertiary/aromatic N) is 1. The molecule has 1 aliphatic heterocycles. The van der Waals surface area contributed by atoms with Crippen LogP contribution in [-0.4, -0.2) is 34.7 Å². The van der Waals surface area contributed by atoms with Crippen LogP contribution in [0, 0.1) is 6.92 Å². The predicted octanol–water partition coefficient (Wildman–Crippen LogP) is 1.90. The first-order valence-corrected chi connectivity index (χ1v) is 9.29. The largest absolute Gasteiger partial charge is 0.376 e. The minimum absolute atomic E-state index is 0.0472. The first-order chi connectivity index (χ1) is 13.5. The van der Waals surface area contributed by atoms with Crippen molar-refractivity contribution in [2.45, 2.75) is 25.9 Å². The quantitative estimate of drug-likeness (QED) is 0.724. The molecule has 2 N–H and O–H groups in total. The van der Waals surface area contributed by atoms with E-state index in [1.54, 1.807) is 24.3 Å². The first-order valence-electron chi connectivity index (χ1n) is 9.29. The Morgan fingerprint density at radius 2 is 2.00 bits per heavy atom. The summed E-state index contributed by atoms with van der Waals surface area (Å²) < 4.78 is 6.59. The van der Waals surface area contributed by atoms with Crippen molar-refractivity contribution in [3.63, 3.8) is 0 Å². The lowest BCUT2D eigenvalue weighted by Crippen LogP contribution is -2.34. The van der Waals surface area contributed by atoms with E-state index in [0.717, 1.165) is 29.6 Å². The molecular formula is C21H21N3O4. The van der Waals surface area contributed by atoms with E-state index in [1.165, 1.54) is 6.07 Å². The smallest absolute Gasteiger partial charge is 0.333 e. The fraction of sp³-hybridized carbons (Fsp3) is 0.286. The zero-order valence-electron chi connectivity index (χ0n) is 15.5. The Morgan fingerprint density at radius 3 is 2.71 bits per heavy atom. The maximum Gasteiger partial charge on any atom is 0.333 e. The van der Waals surface area contributed by atoms with Gasteiger partial charge in [0.1, 0.15) is 0 Å². The highest BCUT2D eigenvalue weighted by Crippen LogP contribution is 2.13. The van der Waals surface area contributed by atoms with E-state index in [9.17, 15) is 14.4 Å². The molecular weight excluding hydrogens is 358 g/mol. The number of hydrogen-bond donors (Lipinski definition) is 2. The van der Waals surface area contributed by atoms with Gasteiger partial charge in [0.25, 0.3) is 11.5 Å². The van der Waals surface area contributed by atoms with Crippen molar-refractivity contribution in [2.75, 3.05) is 13.2 Å². The molecule has 7 nitrogen and oxygen atoms in total. The van der Waals surface area contributed by atoms with Gasteiger partial charge in [-0.25, -0.2) is 9.36 Å². The summed E-state index contributed by atoms with van der Waals surface area (Å²) in [4.78, 5) is 40.5. The van der Waals surface area contributed by atoms with Gasteiger partial charge in [0, 0.05) is 18.7 Å². The number of aryl methyl sites for hydroxylation is 1. The third-order valence-corrected chi connectivity index (χ3v) is 4.97. The number of ether oxygens (including phenoxy) is 1. The number of hydrogen-bond acceptors (Lipinski definition) is 4. The van der Waals surface area contributed by atoms with Gasteiger partial charge in [-0.1, -0.05) is 17.7 Å². The van der Waals surface area contributed by atoms with Crippen molar-refractivity contribution in [3.8, 4) is 5.69 Å². The van der Waals surface area contributed by atoms with Gasteiger partial charge in [0.15, 0.2) is 0 Å². The number of rotatable bonds is 4. The molecule has 2 aromatic carbocycles. The maximum absolute atomic E-state index is 12.8. The number of H-pyrrole nitrogens is 1. The SMILES string of the molecule is Cc1ccc(-n2c(=O)[nH]c3cc(C(=O)NCC4CCCO4)ccc3c2=O)cc1. The van der Waals surface area contributed by atoms with Gasteiger partial charge in [-0.05, 0) is 50.1 Å². The summed E-state index contributed by atoms with van der Waals surface area (Å²) >= 11 is 0. The van der Waals surface area contributed by atoms with Crippen LogP contribution in [0.1, 0.15) is 28.8 Å². The number of aromatic amines is 1. The molecule has 0 spiro atoms. The van der Waals surface area contributed by atoms with E-state index in [1.807, 2.05) is 19.1 Å². The predicted molar refractivity (Wildman–Crippen MR) is 106 cm³/mol. The Bertz CT molecular complexity index is 1140. The second kappa shape index (κ2) is 7.44. The highest BCUT2D eigenvalue weighted by molar-refractivity contribution is 5.97. The lowest BCUT2D eigenvalue weighted by Gasteiger charge is -2.11. The van der Waals surface area contributed by atoms with Crippen molar-refractivity contribution in [3.05, 3.63) is 74.4 Å². The van der Waals surface area contributed by atoms with Gasteiger partial charge in [-0.2, -0.15) is 0 Å². The number of carbonyl (C=O) groups excluding carboxylic acids is 1. The van der Waals surface area contributed by atoms with Gasteiger partial charge < -0.3 is 15.0 Å². The molecule has 144 valence electrons. The van der Waals surface area contributed by atoms with Gasteiger partial charge in [0.2, 0.25) is 0 Å². The molecule has 1 amide bonds. The molecule has 3 aromatic rings. The Kier molecular flexibility index (Phi) is 4.83. The van der Waals surface area contributed by atoms with Gasteiger partial charge in [0.05, 0.1) is 22.7 Å². The van der Waals surface area contributed by atoms with E-state index >= 15 is 0 Å². The number of fused-ring (bicyclic) bond motifs is 1. The molecule has 1 atom stereocenters. The highest BCUT2D eigenvalue weighted by Gasteiger charge is 2.17. The lowest BCUT2D eigenvalue weighted by molar-refractivity contribution is 0.0858. The molecule has 0 radical (unpaired) electrons. The zero-order valence-corrected chi connectivity index (χ0v) is 15.5. The minimum atomic E-state index is -0.543. The summed E-state index contributed by atoms with van der Waals surface area (Å²) in [6, 6.07) is 11.8. The topological polar surface area (TPSA) is 93.2 Å². The fourth-order valence-corrected chi connectivity index (χ4v) is 3.40. The van der Waals surface area contributed by atoms with E-state index in [0.29, 0.717) is 28.7 Å². The molecule has 1 saturated heterocycles. The number of amides is 1. The molecule has 4 rings (SSSR count). The molecule has 0 saturated carbocycles. The second-order valence-corrected chi connectivity index (χ2v) is 7.01. The average Bonchev–Trinajstić information content (AvgIpc) is 3.21. The maximum atomic E-state index is 12.8. The van der Waals surface area contributed by atoms with E-state index < -0.39 is 11.2 Å². The molecule has 1 aromatic heterocycles. The molecule has 0 bridgehead atoms. The van der Waals surface area contributed by atoms with Crippen molar-refractivity contribution >= 4 is 16.8 Å². The van der Waals surface area contributed by atoms with Crippen LogP contribution in [0.2, 0.25) is 0 Å². The Balaban J connectivity index is 1.66. The van der Waals surface area contributed by atoms with E-state index in [2.05, 4.69) is 10.3 Å².